The third-order valence-corrected chi connectivity index (χ3v) is 4.13. The van der Waals surface area contributed by atoms with Crippen molar-refractivity contribution in [1.82, 2.24) is 5.32 Å². The van der Waals surface area contributed by atoms with E-state index in [4.69, 9.17) is 9.57 Å². The van der Waals surface area contributed by atoms with Crippen molar-refractivity contribution >= 4 is 11.7 Å². The van der Waals surface area contributed by atoms with Gasteiger partial charge in [0.25, 0.3) is 0 Å². The van der Waals surface area contributed by atoms with Crippen LogP contribution in [0.4, 0.5) is 13.2 Å². The average Bonchev–Trinajstić information content (AvgIpc) is 3.50. The van der Waals surface area contributed by atoms with Crippen LogP contribution in [0.15, 0.2) is 47.6 Å². The zero-order valence-electron chi connectivity index (χ0n) is 15.0. The lowest BCUT2D eigenvalue weighted by atomic mass is 10.1. The van der Waals surface area contributed by atoms with Gasteiger partial charge in [0, 0.05) is 0 Å². The number of nitrogens with zero attached hydrogens (tertiary/aromatic N) is 1. The Morgan fingerprint density at radius 1 is 1.14 bits per heavy atom. The predicted octanol–water partition coefficient (Wildman–Crippen LogP) is 3.72. The largest absolute Gasteiger partial charge is 0.462 e. The molecule has 0 atom stereocenters. The van der Waals surface area contributed by atoms with Gasteiger partial charge in [-0.1, -0.05) is 35.5 Å². The molecule has 1 aliphatic carbocycles. The maximum atomic E-state index is 14.4. The Kier molecular flexibility index (Phi) is 6.52. The second-order valence-electron chi connectivity index (χ2n) is 6.38. The number of benzene rings is 2. The summed E-state index contributed by atoms with van der Waals surface area (Å²) in [5.41, 5.74) is 0.216. The van der Waals surface area contributed by atoms with E-state index in [1.165, 1.54) is 0 Å². The monoisotopic (exact) mass is 392 g/mol. The summed E-state index contributed by atoms with van der Waals surface area (Å²) < 4.78 is 45.6. The first kappa shape index (κ1) is 19.7. The van der Waals surface area contributed by atoms with Crippen LogP contribution in [0.5, 0.6) is 5.75 Å². The van der Waals surface area contributed by atoms with E-state index in [1.807, 2.05) is 6.07 Å². The lowest BCUT2D eigenvalue weighted by Gasteiger charge is -2.14. The van der Waals surface area contributed by atoms with Gasteiger partial charge in [-0.2, -0.15) is 0 Å². The van der Waals surface area contributed by atoms with Crippen LogP contribution in [0.2, 0.25) is 0 Å². The van der Waals surface area contributed by atoms with E-state index >= 15 is 0 Å². The van der Waals surface area contributed by atoms with Crippen LogP contribution < -0.4 is 10.1 Å². The summed E-state index contributed by atoms with van der Waals surface area (Å²) in [6.45, 7) is -0.972. The van der Waals surface area contributed by atoms with Crippen LogP contribution in [0.1, 0.15) is 24.0 Å². The first-order valence-corrected chi connectivity index (χ1v) is 8.79. The molecule has 0 bridgehead atoms. The number of hydrogen-bond donors (Lipinski definition) is 1. The second-order valence-corrected chi connectivity index (χ2v) is 6.38. The zero-order valence-corrected chi connectivity index (χ0v) is 15.0. The summed E-state index contributed by atoms with van der Waals surface area (Å²) in [5.74, 6) is -3.34. The molecule has 1 amide bonds. The Balaban J connectivity index is 1.86. The van der Waals surface area contributed by atoms with Crippen LogP contribution >= 0.6 is 0 Å². The van der Waals surface area contributed by atoms with E-state index in [2.05, 4.69) is 10.5 Å². The first-order chi connectivity index (χ1) is 13.6. The van der Waals surface area contributed by atoms with Crippen LogP contribution in [-0.4, -0.2) is 25.2 Å². The number of halogens is 3. The van der Waals surface area contributed by atoms with Crippen molar-refractivity contribution in [3.8, 4) is 5.75 Å². The Morgan fingerprint density at radius 3 is 2.57 bits per heavy atom. The van der Waals surface area contributed by atoms with Gasteiger partial charge in [0.2, 0.25) is 12.8 Å². The van der Waals surface area contributed by atoms with Crippen molar-refractivity contribution in [2.45, 2.75) is 19.3 Å². The molecule has 1 saturated carbocycles. The Labute approximate surface area is 160 Å². The Morgan fingerprint density at radius 2 is 1.89 bits per heavy atom. The zero-order chi connectivity index (χ0) is 19.9. The van der Waals surface area contributed by atoms with E-state index in [0.717, 1.165) is 30.5 Å². The molecule has 5 nitrogen and oxygen atoms in total. The highest BCUT2D eigenvalue weighted by Gasteiger charge is 2.25. The summed E-state index contributed by atoms with van der Waals surface area (Å²) in [4.78, 5) is 17.6. The molecule has 0 heterocycles. The van der Waals surface area contributed by atoms with E-state index in [9.17, 15) is 18.0 Å². The van der Waals surface area contributed by atoms with Gasteiger partial charge in [-0.15, -0.1) is 0 Å². The van der Waals surface area contributed by atoms with Crippen LogP contribution in [0, 0.1) is 17.6 Å². The van der Waals surface area contributed by atoms with E-state index < -0.39 is 30.0 Å². The quantitative estimate of drug-likeness (QED) is 0.423. The summed E-state index contributed by atoms with van der Waals surface area (Å²) in [6, 6.07) is 10.7. The summed E-state index contributed by atoms with van der Waals surface area (Å²) in [5, 5.41) is 6.20. The van der Waals surface area contributed by atoms with E-state index in [0.29, 0.717) is 5.92 Å². The molecule has 28 heavy (non-hydrogen) atoms. The molecule has 8 heteroatoms. The van der Waals surface area contributed by atoms with Gasteiger partial charge in [0.05, 0.1) is 6.42 Å². The van der Waals surface area contributed by atoms with Crippen molar-refractivity contribution in [1.29, 1.82) is 0 Å². The average molecular weight is 392 g/mol. The molecule has 3 rings (SSSR count). The molecule has 0 radical (unpaired) electrons. The van der Waals surface area contributed by atoms with Gasteiger partial charge in [-0.3, -0.25) is 4.79 Å². The standard InChI is InChI=1S/C20H19F3N2O3/c21-12-27-16-9-8-15(22)19(23)18(16)20(25-28-11-14-6-7-14)24-17(26)10-13-4-2-1-3-5-13/h1-5,8-9,14H,6-7,10-12H2,(H,24,25,26). The van der Waals surface area contributed by atoms with Crippen molar-refractivity contribution in [2.24, 2.45) is 11.1 Å². The molecule has 2 aromatic rings. The third kappa shape index (κ3) is 5.25. The summed E-state index contributed by atoms with van der Waals surface area (Å²) >= 11 is 0. The molecule has 0 unspecified atom stereocenters. The van der Waals surface area contributed by atoms with E-state index in [-0.39, 0.29) is 24.6 Å². The molecule has 2 aromatic carbocycles. The normalized spacial score (nSPS) is 13.9. The third-order valence-electron chi connectivity index (χ3n) is 4.13. The summed E-state index contributed by atoms with van der Waals surface area (Å²) in [7, 11) is 0. The minimum atomic E-state index is -1.32. The van der Waals surface area contributed by atoms with Crippen molar-refractivity contribution in [3.63, 3.8) is 0 Å². The molecular weight excluding hydrogens is 373 g/mol. The number of carbonyl (C=O) groups excluding carboxylic acids is 1. The van der Waals surface area contributed by atoms with Crippen molar-refractivity contribution in [3.05, 3.63) is 65.2 Å². The van der Waals surface area contributed by atoms with E-state index in [1.54, 1.807) is 24.3 Å². The number of rotatable bonds is 8. The summed E-state index contributed by atoms with van der Waals surface area (Å²) in [6.07, 6.45) is 1.98. The van der Waals surface area contributed by atoms with Crippen molar-refractivity contribution in [2.75, 3.05) is 13.5 Å². The highest BCUT2D eigenvalue weighted by atomic mass is 19.2. The van der Waals surface area contributed by atoms with Crippen LogP contribution in [0.25, 0.3) is 0 Å². The van der Waals surface area contributed by atoms with Crippen LogP contribution in [0.3, 0.4) is 0 Å². The Bertz CT molecular complexity index is 855. The highest BCUT2D eigenvalue weighted by Crippen LogP contribution is 2.29. The SMILES string of the molecule is O=C(Cc1ccccc1)N/C(=N\OCC1CC1)c1c(OCF)ccc(F)c1F. The molecule has 1 N–H and O–H groups in total. The van der Waals surface area contributed by atoms with Crippen LogP contribution in [-0.2, 0) is 16.1 Å². The van der Waals surface area contributed by atoms with Gasteiger partial charge >= 0.3 is 0 Å². The number of nitrogens with one attached hydrogen (secondary N) is 1. The lowest BCUT2D eigenvalue weighted by Crippen LogP contribution is -2.34. The molecule has 148 valence electrons. The van der Waals surface area contributed by atoms with Gasteiger partial charge in [-0.25, -0.2) is 13.2 Å². The first-order valence-electron chi connectivity index (χ1n) is 8.79. The minimum Gasteiger partial charge on any atom is -0.462 e. The number of hydrogen-bond acceptors (Lipinski definition) is 4. The van der Waals surface area contributed by atoms with Crippen molar-refractivity contribution < 1.29 is 27.5 Å². The molecule has 0 aromatic heterocycles. The molecule has 0 aliphatic heterocycles. The second kappa shape index (κ2) is 9.25. The number of amidine groups is 1. The number of oxime groups is 1. The molecule has 0 saturated heterocycles. The fourth-order valence-corrected chi connectivity index (χ4v) is 2.51. The van der Waals surface area contributed by atoms with Gasteiger partial charge in [0.1, 0.15) is 17.9 Å². The Hall–Kier alpha value is -3.03. The maximum absolute atomic E-state index is 14.4. The number of ether oxygens (including phenoxy) is 1. The van der Waals surface area contributed by atoms with Gasteiger partial charge in [0.15, 0.2) is 17.5 Å². The topological polar surface area (TPSA) is 59.9 Å². The van der Waals surface area contributed by atoms with Gasteiger partial charge in [-0.05, 0) is 36.5 Å². The molecular formula is C20H19F3N2O3. The molecule has 1 fully saturated rings. The maximum Gasteiger partial charge on any atom is 0.230 e. The molecule has 0 spiro atoms. The number of carbonyl (C=O) groups is 1. The predicted molar refractivity (Wildman–Crippen MR) is 96.5 cm³/mol. The fraction of sp³-hybridized carbons (Fsp3) is 0.300. The lowest BCUT2D eigenvalue weighted by molar-refractivity contribution is -0.119. The fourth-order valence-electron chi connectivity index (χ4n) is 2.51. The molecule has 1 aliphatic rings. The highest BCUT2D eigenvalue weighted by molar-refractivity contribution is 6.09. The number of alkyl halides is 1. The minimum absolute atomic E-state index is 0.0152. The van der Waals surface area contributed by atoms with Gasteiger partial charge < -0.3 is 14.9 Å². The smallest absolute Gasteiger partial charge is 0.230 e. The number of amides is 1.